The second-order valence-electron chi connectivity index (χ2n) is 5.90. The van der Waals surface area contributed by atoms with Crippen molar-refractivity contribution in [3.05, 3.63) is 23.7 Å². The summed E-state index contributed by atoms with van der Waals surface area (Å²) in [5.41, 5.74) is 0. The van der Waals surface area contributed by atoms with Crippen molar-refractivity contribution in [2.24, 2.45) is 5.92 Å². The van der Waals surface area contributed by atoms with Crippen LogP contribution in [-0.2, 0) is 6.54 Å². The molecule has 3 heteroatoms. The molecule has 3 nitrogen and oxygen atoms in total. The van der Waals surface area contributed by atoms with E-state index in [0.29, 0.717) is 5.92 Å². The smallest absolute Gasteiger partial charge is 0.118 e. The molecule has 2 aliphatic rings. The summed E-state index contributed by atoms with van der Waals surface area (Å²) in [6.07, 6.45) is 4.75. The first kappa shape index (κ1) is 12.2. The summed E-state index contributed by atoms with van der Waals surface area (Å²) in [4.78, 5) is 2.45. The lowest BCUT2D eigenvalue weighted by Crippen LogP contribution is -2.27. The Morgan fingerprint density at radius 3 is 2.78 bits per heavy atom. The molecule has 2 saturated carbocycles. The van der Waals surface area contributed by atoms with Crippen molar-refractivity contribution < 1.29 is 9.52 Å². The average Bonchev–Trinajstić information content (AvgIpc) is 3.27. The average molecular weight is 249 g/mol. The summed E-state index contributed by atoms with van der Waals surface area (Å²) in [5, 5.41) is 8.95. The van der Waals surface area contributed by atoms with E-state index in [-0.39, 0.29) is 6.61 Å². The van der Waals surface area contributed by atoms with Crippen molar-refractivity contribution in [1.82, 2.24) is 4.90 Å². The number of aliphatic hydroxyl groups excluding tert-OH is 1. The van der Waals surface area contributed by atoms with Crippen LogP contribution in [0.15, 0.2) is 16.5 Å². The first-order valence-electron chi connectivity index (χ1n) is 7.21. The Kier molecular flexibility index (Phi) is 3.44. The van der Waals surface area contributed by atoms with Crippen LogP contribution in [0.2, 0.25) is 0 Å². The van der Waals surface area contributed by atoms with Crippen LogP contribution >= 0.6 is 0 Å². The molecule has 3 rings (SSSR count). The van der Waals surface area contributed by atoms with Gasteiger partial charge in [0.2, 0.25) is 0 Å². The van der Waals surface area contributed by atoms with Gasteiger partial charge in [0, 0.05) is 25.1 Å². The zero-order chi connectivity index (χ0) is 12.5. The van der Waals surface area contributed by atoms with Gasteiger partial charge in [-0.15, -0.1) is 0 Å². The van der Waals surface area contributed by atoms with Crippen LogP contribution in [0.1, 0.15) is 50.0 Å². The third-order valence-electron chi connectivity index (χ3n) is 4.18. The molecule has 0 spiro atoms. The lowest BCUT2D eigenvalue weighted by Gasteiger charge is -2.20. The molecular weight excluding hydrogens is 226 g/mol. The van der Waals surface area contributed by atoms with Gasteiger partial charge in [0.05, 0.1) is 6.54 Å². The highest BCUT2D eigenvalue weighted by Gasteiger charge is 2.37. The zero-order valence-corrected chi connectivity index (χ0v) is 11.1. The van der Waals surface area contributed by atoms with Gasteiger partial charge in [0.25, 0.3) is 0 Å². The Bertz CT molecular complexity index is 397. The van der Waals surface area contributed by atoms with Gasteiger partial charge in [-0.05, 0) is 43.7 Å². The van der Waals surface area contributed by atoms with E-state index in [1.165, 1.54) is 25.0 Å². The minimum absolute atomic E-state index is 0.284. The Labute approximate surface area is 109 Å². The zero-order valence-electron chi connectivity index (χ0n) is 11.1. The number of nitrogens with zero attached hydrogens (tertiary/aromatic N) is 1. The third kappa shape index (κ3) is 2.78. The largest absolute Gasteiger partial charge is 0.464 e. The van der Waals surface area contributed by atoms with E-state index >= 15 is 0 Å². The summed E-state index contributed by atoms with van der Waals surface area (Å²) in [7, 11) is 0. The van der Waals surface area contributed by atoms with Crippen LogP contribution in [-0.4, -0.2) is 29.2 Å². The summed E-state index contributed by atoms with van der Waals surface area (Å²) in [5.74, 6) is 3.74. The summed E-state index contributed by atoms with van der Waals surface area (Å²) in [6.45, 7) is 4.46. The molecule has 0 amide bonds. The van der Waals surface area contributed by atoms with E-state index in [4.69, 9.17) is 9.52 Å². The first-order valence-corrected chi connectivity index (χ1v) is 7.21. The van der Waals surface area contributed by atoms with Crippen LogP contribution in [0.5, 0.6) is 0 Å². The molecule has 2 fully saturated rings. The molecule has 100 valence electrons. The monoisotopic (exact) mass is 249 g/mol. The Hall–Kier alpha value is -0.800. The molecule has 0 unspecified atom stereocenters. The fraction of sp³-hybridized carbons (Fsp3) is 0.733. The molecule has 0 aliphatic heterocycles. The standard InChI is InChI=1S/C15H23NO2/c1-11-9-14(11)15-6-5-13(18-15)10-16(7-2-8-17)12-3-4-12/h5-6,11-12,14,17H,2-4,7-10H2,1H3/t11-,14+/m1/s1. The second kappa shape index (κ2) is 5.06. The SMILES string of the molecule is C[C@@H]1C[C@@H]1c1ccc(CN(CCCO)C2CC2)o1. The number of furan rings is 1. The maximum atomic E-state index is 8.95. The summed E-state index contributed by atoms with van der Waals surface area (Å²) < 4.78 is 5.96. The maximum absolute atomic E-state index is 8.95. The number of aliphatic hydroxyl groups is 1. The van der Waals surface area contributed by atoms with E-state index in [1.807, 2.05) is 0 Å². The summed E-state index contributed by atoms with van der Waals surface area (Å²) >= 11 is 0. The molecule has 0 bridgehead atoms. The van der Waals surface area contributed by atoms with Crippen LogP contribution in [0.25, 0.3) is 0 Å². The highest BCUT2D eigenvalue weighted by Crippen LogP contribution is 2.47. The number of hydrogen-bond acceptors (Lipinski definition) is 3. The van der Waals surface area contributed by atoms with Gasteiger partial charge in [0.1, 0.15) is 11.5 Å². The number of hydrogen-bond donors (Lipinski definition) is 1. The van der Waals surface area contributed by atoms with Crippen molar-refractivity contribution in [2.45, 2.75) is 51.1 Å². The van der Waals surface area contributed by atoms with Crippen molar-refractivity contribution >= 4 is 0 Å². The highest BCUT2D eigenvalue weighted by molar-refractivity contribution is 5.17. The van der Waals surface area contributed by atoms with E-state index in [2.05, 4.69) is 24.0 Å². The van der Waals surface area contributed by atoms with Gasteiger partial charge in [-0.2, -0.15) is 0 Å². The second-order valence-corrected chi connectivity index (χ2v) is 5.90. The van der Waals surface area contributed by atoms with Gasteiger partial charge < -0.3 is 9.52 Å². The molecule has 0 aromatic carbocycles. The predicted molar refractivity (Wildman–Crippen MR) is 70.4 cm³/mol. The molecule has 0 saturated heterocycles. The van der Waals surface area contributed by atoms with Gasteiger partial charge in [0.15, 0.2) is 0 Å². The molecule has 18 heavy (non-hydrogen) atoms. The van der Waals surface area contributed by atoms with E-state index in [1.54, 1.807) is 0 Å². The summed E-state index contributed by atoms with van der Waals surface area (Å²) in [6, 6.07) is 5.01. The van der Waals surface area contributed by atoms with E-state index < -0.39 is 0 Å². The van der Waals surface area contributed by atoms with E-state index in [9.17, 15) is 0 Å². The lowest BCUT2D eigenvalue weighted by atomic mass is 10.3. The predicted octanol–water partition coefficient (Wildman–Crippen LogP) is 2.75. The van der Waals surface area contributed by atoms with Gasteiger partial charge in [-0.1, -0.05) is 6.92 Å². The Balaban J connectivity index is 1.57. The highest BCUT2D eigenvalue weighted by atomic mass is 16.3. The quantitative estimate of drug-likeness (QED) is 0.807. The minimum Gasteiger partial charge on any atom is -0.464 e. The molecule has 0 radical (unpaired) electrons. The minimum atomic E-state index is 0.284. The van der Waals surface area contributed by atoms with Crippen LogP contribution < -0.4 is 0 Å². The molecule has 1 aromatic rings. The van der Waals surface area contributed by atoms with Gasteiger partial charge >= 0.3 is 0 Å². The van der Waals surface area contributed by atoms with Gasteiger partial charge in [-0.3, -0.25) is 4.90 Å². The third-order valence-corrected chi connectivity index (χ3v) is 4.18. The Morgan fingerprint density at radius 1 is 1.39 bits per heavy atom. The maximum Gasteiger partial charge on any atom is 0.118 e. The first-order chi connectivity index (χ1) is 8.78. The molecule has 1 heterocycles. The van der Waals surface area contributed by atoms with Crippen LogP contribution in [0.4, 0.5) is 0 Å². The fourth-order valence-electron chi connectivity index (χ4n) is 2.70. The van der Waals surface area contributed by atoms with Crippen LogP contribution in [0.3, 0.4) is 0 Å². The Morgan fingerprint density at radius 2 is 2.17 bits per heavy atom. The molecule has 1 N–H and O–H groups in total. The number of rotatable bonds is 7. The molecule has 2 atom stereocenters. The lowest BCUT2D eigenvalue weighted by molar-refractivity contribution is 0.199. The van der Waals surface area contributed by atoms with Crippen molar-refractivity contribution in [2.75, 3.05) is 13.2 Å². The topological polar surface area (TPSA) is 36.6 Å². The van der Waals surface area contributed by atoms with Crippen LogP contribution in [0, 0.1) is 5.92 Å². The molecule has 1 aromatic heterocycles. The van der Waals surface area contributed by atoms with Crippen molar-refractivity contribution in [3.8, 4) is 0 Å². The fourth-order valence-corrected chi connectivity index (χ4v) is 2.70. The van der Waals surface area contributed by atoms with Gasteiger partial charge in [-0.25, -0.2) is 0 Å². The normalized spacial score (nSPS) is 26.8. The van der Waals surface area contributed by atoms with Crippen molar-refractivity contribution in [3.63, 3.8) is 0 Å². The molecular formula is C15H23NO2. The molecule has 2 aliphatic carbocycles. The van der Waals surface area contributed by atoms with E-state index in [0.717, 1.165) is 37.2 Å². The van der Waals surface area contributed by atoms with Crippen molar-refractivity contribution in [1.29, 1.82) is 0 Å².